The summed E-state index contributed by atoms with van der Waals surface area (Å²) in [7, 11) is -27.6. The van der Waals surface area contributed by atoms with Gasteiger partial charge in [0.05, 0.1) is 51.3 Å². The van der Waals surface area contributed by atoms with Gasteiger partial charge in [0.2, 0.25) is 0 Å². The summed E-state index contributed by atoms with van der Waals surface area (Å²) in [5.74, 6) is -0.0331. The van der Waals surface area contributed by atoms with Crippen LogP contribution in [0.2, 0.25) is 10.0 Å². The number of carboxylic acid groups (broad SMARTS) is 1. The Morgan fingerprint density at radius 2 is 1.56 bits per heavy atom. The maximum absolute atomic E-state index is 13.9. The van der Waals surface area contributed by atoms with Gasteiger partial charge in [-0.25, -0.2) is 23.3 Å². The molecule has 4 unspecified atom stereocenters. The van der Waals surface area contributed by atoms with Crippen molar-refractivity contribution in [3.63, 3.8) is 0 Å². The molecule has 0 bridgehead atoms. The molecule has 4 aliphatic rings. The summed E-state index contributed by atoms with van der Waals surface area (Å²) in [4.78, 5) is 94.9. The highest BCUT2D eigenvalue weighted by atomic mass is 35.5. The third-order valence-corrected chi connectivity index (χ3v) is 19.7. The van der Waals surface area contributed by atoms with Crippen LogP contribution < -0.4 is 31.9 Å². The summed E-state index contributed by atoms with van der Waals surface area (Å²) in [5.41, 5.74) is -5.20. The van der Waals surface area contributed by atoms with Gasteiger partial charge in [-0.1, -0.05) is 62.7 Å². The van der Waals surface area contributed by atoms with Crippen molar-refractivity contribution in [2.24, 2.45) is 10.4 Å². The molecule has 3 aromatic carbocycles. The van der Waals surface area contributed by atoms with E-state index in [0.717, 1.165) is 16.8 Å². The summed E-state index contributed by atoms with van der Waals surface area (Å²) >= 11 is 13.9. The molecule has 0 spiro atoms. The van der Waals surface area contributed by atoms with Crippen LogP contribution in [0.3, 0.4) is 0 Å². The molecule has 1 saturated heterocycles. The van der Waals surface area contributed by atoms with Gasteiger partial charge < -0.3 is 39.5 Å². The number of aromatic amines is 1. The van der Waals surface area contributed by atoms with Crippen molar-refractivity contribution >= 4 is 84.4 Å². The van der Waals surface area contributed by atoms with Gasteiger partial charge in [0, 0.05) is 28.1 Å². The molecule has 80 heavy (non-hydrogen) atoms. The molecule has 27 nitrogen and oxygen atoms in total. The number of phosphoric ester groups is 1. The van der Waals surface area contributed by atoms with Crippen molar-refractivity contribution in [2.45, 2.75) is 113 Å². The van der Waals surface area contributed by atoms with E-state index in [1.54, 1.807) is 20.8 Å². The van der Waals surface area contributed by atoms with Crippen molar-refractivity contribution in [1.82, 2.24) is 14.9 Å². The van der Waals surface area contributed by atoms with E-state index in [0.29, 0.717) is 18.4 Å². The number of nitrogens with zero attached hydrogens (tertiary/aromatic N) is 2. The van der Waals surface area contributed by atoms with Crippen LogP contribution in [0.25, 0.3) is 5.57 Å². The highest BCUT2D eigenvalue weighted by Crippen LogP contribution is 2.66. The summed E-state index contributed by atoms with van der Waals surface area (Å²) in [6, 6.07) is 4.00. The van der Waals surface area contributed by atoms with Gasteiger partial charge in [-0.15, -0.1) is 0 Å². The fraction of sp³-hybridized carbons (Fsp3) is 0.413. The Labute approximate surface area is 463 Å². The van der Waals surface area contributed by atoms with Gasteiger partial charge in [0.15, 0.2) is 16.4 Å². The van der Waals surface area contributed by atoms with Crippen LogP contribution in [0.15, 0.2) is 48.8 Å². The maximum atomic E-state index is 13.9. The Hall–Kier alpha value is -4.92. The molecule has 432 valence electrons. The first kappa shape index (κ1) is 61.2. The fourth-order valence-corrected chi connectivity index (χ4v) is 16.0. The lowest BCUT2D eigenvalue weighted by Gasteiger charge is -2.38. The first-order valence-corrected chi connectivity index (χ1v) is 31.8. The van der Waals surface area contributed by atoms with Crippen molar-refractivity contribution < 1.29 is 96.5 Å². The Kier molecular flexibility index (Phi) is 16.3. The Balaban J connectivity index is 1.17. The second kappa shape index (κ2) is 21.4. The number of carboxylic acids is 1. The van der Waals surface area contributed by atoms with Crippen LogP contribution in [0.1, 0.15) is 139 Å². The first-order chi connectivity index (χ1) is 36.7. The molecule has 3 aliphatic heterocycles. The summed E-state index contributed by atoms with van der Waals surface area (Å²) in [6.07, 6.45) is -0.268. The maximum Gasteiger partial charge on any atom is 0.490 e. The number of aromatic nitrogens is 2. The molecule has 1 aromatic heterocycles. The third kappa shape index (κ3) is 12.7. The van der Waals surface area contributed by atoms with E-state index in [4.69, 9.17) is 42.5 Å². The highest BCUT2D eigenvalue weighted by molar-refractivity contribution is 7.86. The monoisotopic (exact) mass is 1250 g/mol. The predicted molar refractivity (Wildman–Crippen MR) is 280 cm³/mol. The SMILES string of the molecule is CC1CC(C)(C)Cc2c1cc1c(c2S(=O)(=O)O)Oc2c(S(=O)(=O)O)c3c(cc2=C1c1c(Cl)cc(C(=O)NCC#Cc2cn([C@H]4CC[C@@H](COP(=O)(O)OP(=O)(O)OP(=O)(O)O)O4)c(=O)[nH]c2=O)c(Cl)c1C(=O)O)C(C)CC(C)(C)N=3. The Bertz CT molecular complexity index is 4090. The van der Waals surface area contributed by atoms with Gasteiger partial charge >= 0.3 is 35.1 Å². The van der Waals surface area contributed by atoms with Crippen molar-refractivity contribution in [1.29, 1.82) is 0 Å². The number of H-pyrrole nitrogens is 1. The van der Waals surface area contributed by atoms with Gasteiger partial charge in [0.1, 0.15) is 16.7 Å². The number of amides is 1. The number of hydrogen-bond acceptors (Lipinski definition) is 17. The lowest BCUT2D eigenvalue weighted by Crippen LogP contribution is -2.38. The van der Waals surface area contributed by atoms with Gasteiger partial charge in [-0.05, 0) is 98.1 Å². The highest BCUT2D eigenvalue weighted by Gasteiger charge is 2.44. The van der Waals surface area contributed by atoms with Crippen LogP contribution in [0, 0.1) is 17.3 Å². The molecular weight excluding hydrogens is 1200 g/mol. The normalized spacial score (nSPS) is 21.6. The Morgan fingerprint density at radius 1 is 0.912 bits per heavy atom. The molecule has 1 aliphatic carbocycles. The number of rotatable bonds is 14. The molecule has 0 radical (unpaired) electrons. The number of carbonyl (C=O) groups is 2. The van der Waals surface area contributed by atoms with E-state index in [2.05, 4.69) is 35.3 Å². The minimum Gasteiger partial charge on any atom is -0.478 e. The number of nitrogens with one attached hydrogen (secondary N) is 2. The Morgan fingerprint density at radius 3 is 2.19 bits per heavy atom. The largest absolute Gasteiger partial charge is 0.490 e. The van der Waals surface area contributed by atoms with Crippen molar-refractivity contribution in [2.75, 3.05) is 13.2 Å². The van der Waals surface area contributed by atoms with E-state index < -0.39 is 157 Å². The summed E-state index contributed by atoms with van der Waals surface area (Å²) in [6.45, 7) is 9.41. The topological polar surface area (TPSA) is 421 Å². The molecule has 34 heteroatoms. The van der Waals surface area contributed by atoms with E-state index in [1.807, 2.05) is 25.8 Å². The van der Waals surface area contributed by atoms with Crippen LogP contribution in [-0.4, -0.2) is 96.8 Å². The molecule has 9 N–H and O–H groups in total. The lowest BCUT2D eigenvalue weighted by atomic mass is 9.69. The average Bonchev–Trinajstić information content (AvgIpc) is 3.87. The number of phosphoric acid groups is 3. The average molecular weight is 1250 g/mol. The van der Waals surface area contributed by atoms with Gasteiger partial charge in [-0.2, -0.15) is 25.5 Å². The number of halogens is 2. The van der Waals surface area contributed by atoms with Crippen LogP contribution >= 0.6 is 46.7 Å². The zero-order chi connectivity index (χ0) is 59.4. The molecule has 6 atom stereocenters. The molecule has 8 rings (SSSR count). The number of carbonyl (C=O) groups excluding carboxylic acids is 1. The minimum absolute atomic E-state index is 0.0125. The van der Waals surface area contributed by atoms with Crippen LogP contribution in [0.4, 0.5) is 0 Å². The van der Waals surface area contributed by atoms with E-state index in [1.165, 1.54) is 12.1 Å². The molecular formula is C46H49Cl2N4O23P3S2. The van der Waals surface area contributed by atoms with Crippen molar-refractivity contribution in [3.05, 3.63) is 110 Å². The number of aromatic carboxylic acids is 1. The summed E-state index contributed by atoms with van der Waals surface area (Å²) < 4.78 is 136. The predicted octanol–water partition coefficient (Wildman–Crippen LogP) is 5.17. The zero-order valence-electron chi connectivity index (χ0n) is 42.5. The first-order valence-electron chi connectivity index (χ1n) is 23.6. The van der Waals surface area contributed by atoms with E-state index in [-0.39, 0.29) is 63.6 Å². The molecule has 4 aromatic rings. The van der Waals surface area contributed by atoms with Crippen LogP contribution in [-0.2, 0) is 58.2 Å². The van der Waals surface area contributed by atoms with Gasteiger partial charge in [-0.3, -0.25) is 37.8 Å². The van der Waals surface area contributed by atoms with E-state index >= 15 is 0 Å². The summed E-state index contributed by atoms with van der Waals surface area (Å²) in [5, 5.41) is 11.8. The smallest absolute Gasteiger partial charge is 0.478 e. The van der Waals surface area contributed by atoms with Gasteiger partial charge in [0.25, 0.3) is 31.7 Å². The minimum atomic E-state index is -5.80. The number of benzene rings is 3. The lowest BCUT2D eigenvalue weighted by molar-refractivity contribution is -0.0243. The second-order valence-corrected chi connectivity index (χ2v) is 28.6. The number of hydrogen-bond donors (Lipinski definition) is 9. The number of fused-ring (bicyclic) bond motifs is 4. The third-order valence-electron chi connectivity index (χ3n) is 13.4. The second-order valence-electron chi connectivity index (χ2n) is 20.7. The van der Waals surface area contributed by atoms with Crippen LogP contribution in [0.5, 0.6) is 11.5 Å². The molecule has 0 saturated carbocycles. The molecule has 1 amide bonds. The number of ether oxygens (including phenoxy) is 2. The molecule has 4 heterocycles. The quantitative estimate of drug-likeness (QED) is 0.0393. The van der Waals surface area contributed by atoms with Crippen molar-refractivity contribution in [3.8, 4) is 23.3 Å². The van der Waals surface area contributed by atoms with E-state index in [9.17, 15) is 73.7 Å². The standard InChI is InChI=1S/C46H49Cl2N4O23P3S2/c1-20-15-45(3,4)17-29-24(20)12-26-32(27-13-25-21(2)16-46(5,6)51-36(25)40(80(68,69)70)38(27)73-37(26)39(29)79(65,66)67)33-30(47)14-28(35(48)34(33)43(55)56)42(54)49-11-7-8-22-18-52(44(57)50-41(22)53)31-10-9-23(72-31)19-71-77(61,62)75-78(63,64)74-76(58,59)60/h12-14,18,20-21,23,31H,9-11,15-17,19H2,1-6H3,(H,49,54)(H,55,56)(H,61,62)(H,63,64)(H,50,53,57)(H2,58,59,60)(H,65,66,67)(H,68,69,70)/t20?,21?,23-,31+/m0/s1. The molecule has 1 fully saturated rings. The zero-order valence-corrected chi connectivity index (χ0v) is 48.4. The fourth-order valence-electron chi connectivity index (χ4n) is 10.6.